The summed E-state index contributed by atoms with van der Waals surface area (Å²) in [6.07, 6.45) is 7.23. The van der Waals surface area contributed by atoms with Gasteiger partial charge in [-0.1, -0.05) is 37.0 Å². The normalized spacial score (nSPS) is 17.0. The molecule has 9 nitrogen and oxygen atoms in total. The molecule has 41 heavy (non-hydrogen) atoms. The number of nitrogens with zero attached hydrogens (tertiary/aromatic N) is 3. The molecule has 10 heteroatoms. The third-order valence-corrected chi connectivity index (χ3v) is 8.54. The van der Waals surface area contributed by atoms with Crippen LogP contribution >= 0.6 is 11.8 Å². The van der Waals surface area contributed by atoms with E-state index in [1.165, 1.54) is 11.3 Å². The zero-order valence-electron chi connectivity index (χ0n) is 23.5. The van der Waals surface area contributed by atoms with Crippen molar-refractivity contribution in [3.63, 3.8) is 0 Å². The van der Waals surface area contributed by atoms with Crippen LogP contribution in [0.15, 0.2) is 53.4 Å². The number of benzene rings is 2. The summed E-state index contributed by atoms with van der Waals surface area (Å²) >= 11 is 0.905. The molecule has 2 amide bonds. The van der Waals surface area contributed by atoms with Crippen LogP contribution in [-0.4, -0.2) is 44.7 Å². The number of nitro benzene ring substituents is 1. The van der Waals surface area contributed by atoms with Crippen LogP contribution in [0.3, 0.4) is 0 Å². The SMILES string of the molecule is Cc1ccc(OCCN2C(=O)S/C(=C\c3cc(C)n(-c4ccc(NC5CCCCC5)c([N+](=O)[O-])c4)c3C)C2=O)cc1. The van der Waals surface area contributed by atoms with Crippen molar-refractivity contribution in [3.8, 4) is 11.4 Å². The minimum atomic E-state index is -0.355. The molecule has 0 bridgehead atoms. The minimum absolute atomic E-state index is 0.0381. The van der Waals surface area contributed by atoms with Gasteiger partial charge in [0.05, 0.1) is 22.1 Å². The standard InChI is InChI=1S/C31H34N4O5S/c1-20-9-12-26(13-10-20)40-16-15-33-30(36)29(41-31(33)37)18-23-17-21(2)34(22(23)3)25-11-14-27(28(19-25)35(38)39)32-24-7-5-4-6-8-24/h9-14,17-19,24,32H,4-8,15-16H2,1-3H3/b29-18-. The van der Waals surface area contributed by atoms with Gasteiger partial charge >= 0.3 is 0 Å². The van der Waals surface area contributed by atoms with Crippen molar-refractivity contribution < 1.29 is 19.2 Å². The lowest BCUT2D eigenvalue weighted by Gasteiger charge is -2.24. The number of nitrogens with one attached hydrogen (secondary N) is 1. The second-order valence-corrected chi connectivity index (χ2v) is 11.6. The Morgan fingerprint density at radius 2 is 1.78 bits per heavy atom. The molecular weight excluding hydrogens is 540 g/mol. The zero-order chi connectivity index (χ0) is 29.1. The Kier molecular flexibility index (Phi) is 8.49. The molecule has 2 heterocycles. The number of nitro groups is 1. The van der Waals surface area contributed by atoms with E-state index in [2.05, 4.69) is 5.32 Å². The average Bonchev–Trinajstić information content (AvgIpc) is 3.38. The summed E-state index contributed by atoms with van der Waals surface area (Å²) in [5.41, 5.74) is 4.82. The first-order valence-corrected chi connectivity index (χ1v) is 14.7. The molecule has 2 aliphatic rings. The fraction of sp³-hybridized carbons (Fsp3) is 0.355. The topological polar surface area (TPSA) is 107 Å². The Hall–Kier alpha value is -4.05. The number of hydrogen-bond donors (Lipinski definition) is 1. The molecular formula is C31H34N4O5S. The van der Waals surface area contributed by atoms with Crippen LogP contribution < -0.4 is 10.1 Å². The third-order valence-electron chi connectivity index (χ3n) is 7.64. The summed E-state index contributed by atoms with van der Waals surface area (Å²) in [6, 6.07) is 15.0. The molecule has 0 atom stereocenters. The van der Waals surface area contributed by atoms with Gasteiger partial charge in [-0.05, 0) is 87.3 Å². The van der Waals surface area contributed by atoms with E-state index in [1.54, 1.807) is 18.2 Å². The highest BCUT2D eigenvalue weighted by atomic mass is 32.2. The third kappa shape index (κ3) is 6.32. The molecule has 0 unspecified atom stereocenters. The molecule has 2 aromatic carbocycles. The Bertz CT molecular complexity index is 1510. The van der Waals surface area contributed by atoms with Gasteiger partial charge in [0.25, 0.3) is 16.8 Å². The van der Waals surface area contributed by atoms with Crippen molar-refractivity contribution >= 4 is 40.4 Å². The highest BCUT2D eigenvalue weighted by Crippen LogP contribution is 2.35. The lowest BCUT2D eigenvalue weighted by atomic mass is 9.95. The monoisotopic (exact) mass is 574 g/mol. The van der Waals surface area contributed by atoms with Gasteiger partial charge in [0.2, 0.25) is 0 Å². The molecule has 1 N–H and O–H groups in total. The van der Waals surface area contributed by atoms with Crippen LogP contribution in [0.4, 0.5) is 16.2 Å². The molecule has 1 aliphatic carbocycles. The van der Waals surface area contributed by atoms with Gasteiger partial charge in [-0.15, -0.1) is 0 Å². The Morgan fingerprint density at radius 1 is 1.05 bits per heavy atom. The summed E-state index contributed by atoms with van der Waals surface area (Å²) in [5, 5.41) is 15.0. The summed E-state index contributed by atoms with van der Waals surface area (Å²) < 4.78 is 7.64. The molecule has 0 spiro atoms. The molecule has 3 aromatic rings. The van der Waals surface area contributed by atoms with Crippen LogP contribution in [0.1, 0.15) is 54.6 Å². The number of rotatable bonds is 9. The number of thioether (sulfide) groups is 1. The van der Waals surface area contributed by atoms with Crippen molar-refractivity contribution in [1.29, 1.82) is 0 Å². The van der Waals surface area contributed by atoms with Gasteiger partial charge in [-0.25, -0.2) is 0 Å². The number of ether oxygens (including phenoxy) is 1. The van der Waals surface area contributed by atoms with Crippen LogP contribution in [-0.2, 0) is 4.79 Å². The van der Waals surface area contributed by atoms with Gasteiger partial charge in [-0.3, -0.25) is 24.6 Å². The Labute approximate surface area is 243 Å². The van der Waals surface area contributed by atoms with Gasteiger partial charge in [0, 0.05) is 23.5 Å². The van der Waals surface area contributed by atoms with E-state index in [9.17, 15) is 19.7 Å². The number of imide groups is 1. The predicted octanol–water partition coefficient (Wildman–Crippen LogP) is 7.17. The smallest absolute Gasteiger partial charge is 0.294 e. The number of hydrogen-bond acceptors (Lipinski definition) is 7. The first-order chi connectivity index (χ1) is 19.7. The molecule has 0 radical (unpaired) electrons. The molecule has 2 fully saturated rings. The van der Waals surface area contributed by atoms with E-state index in [0.29, 0.717) is 22.0 Å². The number of carbonyl (C=O) groups is 2. The summed E-state index contributed by atoms with van der Waals surface area (Å²) in [4.78, 5) is 38.9. The van der Waals surface area contributed by atoms with E-state index in [-0.39, 0.29) is 41.0 Å². The lowest BCUT2D eigenvalue weighted by Crippen LogP contribution is -2.32. The maximum absolute atomic E-state index is 13.1. The van der Waals surface area contributed by atoms with Gasteiger partial charge in [-0.2, -0.15) is 0 Å². The van der Waals surface area contributed by atoms with Crippen LogP contribution in [0.2, 0.25) is 0 Å². The van der Waals surface area contributed by atoms with E-state index in [1.807, 2.05) is 61.7 Å². The highest BCUT2D eigenvalue weighted by Gasteiger charge is 2.35. The van der Waals surface area contributed by atoms with Crippen LogP contribution in [0.5, 0.6) is 5.75 Å². The van der Waals surface area contributed by atoms with Crippen molar-refractivity contribution in [2.75, 3.05) is 18.5 Å². The lowest BCUT2D eigenvalue weighted by molar-refractivity contribution is -0.384. The first kappa shape index (κ1) is 28.5. The quantitative estimate of drug-likeness (QED) is 0.164. The van der Waals surface area contributed by atoms with Crippen LogP contribution in [0, 0.1) is 30.9 Å². The largest absolute Gasteiger partial charge is 0.492 e. The first-order valence-electron chi connectivity index (χ1n) is 13.9. The Morgan fingerprint density at radius 3 is 2.49 bits per heavy atom. The van der Waals surface area contributed by atoms with Crippen LogP contribution in [0.25, 0.3) is 11.8 Å². The van der Waals surface area contributed by atoms with Crippen molar-refractivity contribution in [1.82, 2.24) is 9.47 Å². The van der Waals surface area contributed by atoms with E-state index in [0.717, 1.165) is 60.0 Å². The van der Waals surface area contributed by atoms with Crippen molar-refractivity contribution in [2.45, 2.75) is 58.9 Å². The number of aromatic nitrogens is 1. The number of aryl methyl sites for hydroxylation is 2. The second-order valence-electron chi connectivity index (χ2n) is 10.6. The number of carbonyl (C=O) groups excluding carboxylic acids is 2. The second kappa shape index (κ2) is 12.2. The predicted molar refractivity (Wildman–Crippen MR) is 162 cm³/mol. The van der Waals surface area contributed by atoms with Crippen molar-refractivity contribution in [2.24, 2.45) is 0 Å². The highest BCUT2D eigenvalue weighted by molar-refractivity contribution is 8.18. The Balaban J connectivity index is 1.32. The maximum Gasteiger partial charge on any atom is 0.294 e. The van der Waals surface area contributed by atoms with E-state index < -0.39 is 0 Å². The molecule has 1 saturated carbocycles. The minimum Gasteiger partial charge on any atom is -0.492 e. The fourth-order valence-corrected chi connectivity index (χ4v) is 6.31. The molecule has 1 aromatic heterocycles. The van der Waals surface area contributed by atoms with Gasteiger partial charge < -0.3 is 14.6 Å². The summed E-state index contributed by atoms with van der Waals surface area (Å²) in [7, 11) is 0. The molecule has 214 valence electrons. The number of anilines is 1. The molecule has 5 rings (SSSR count). The van der Waals surface area contributed by atoms with E-state index >= 15 is 0 Å². The summed E-state index contributed by atoms with van der Waals surface area (Å²) in [6.45, 7) is 6.16. The zero-order valence-corrected chi connectivity index (χ0v) is 24.3. The van der Waals surface area contributed by atoms with E-state index in [4.69, 9.17) is 4.74 Å². The van der Waals surface area contributed by atoms with Gasteiger partial charge in [0.1, 0.15) is 18.0 Å². The molecule has 1 aliphatic heterocycles. The van der Waals surface area contributed by atoms with Crippen molar-refractivity contribution in [3.05, 3.63) is 86.1 Å². The fourth-order valence-electron chi connectivity index (χ4n) is 5.45. The number of amides is 2. The van der Waals surface area contributed by atoms with Gasteiger partial charge in [0.15, 0.2) is 0 Å². The summed E-state index contributed by atoms with van der Waals surface area (Å²) in [5.74, 6) is 0.328. The molecule has 1 saturated heterocycles. The average molecular weight is 575 g/mol. The maximum atomic E-state index is 13.1.